The number of anilines is 1. The Bertz CT molecular complexity index is 655. The number of thiophene rings is 1. The molecule has 0 aliphatic rings. The second-order valence-corrected chi connectivity index (χ2v) is 5.68. The van der Waals surface area contributed by atoms with E-state index >= 15 is 0 Å². The van der Waals surface area contributed by atoms with E-state index < -0.39 is 0 Å². The zero-order valence-electron chi connectivity index (χ0n) is 11.4. The highest BCUT2D eigenvalue weighted by Gasteiger charge is 2.08. The van der Waals surface area contributed by atoms with E-state index in [9.17, 15) is 4.79 Å². The van der Waals surface area contributed by atoms with E-state index in [2.05, 4.69) is 11.4 Å². The van der Waals surface area contributed by atoms with Gasteiger partial charge in [0.1, 0.15) is 10.9 Å². The van der Waals surface area contributed by atoms with Crippen LogP contribution in [0.1, 0.15) is 20.1 Å². The lowest BCUT2D eigenvalue weighted by molar-refractivity contribution is 0.0827. The molecule has 102 valence electrons. The van der Waals surface area contributed by atoms with Gasteiger partial charge in [0.25, 0.3) is 5.91 Å². The van der Waals surface area contributed by atoms with E-state index in [-0.39, 0.29) is 5.91 Å². The molecule has 0 saturated heterocycles. The van der Waals surface area contributed by atoms with Crippen molar-refractivity contribution in [2.24, 2.45) is 0 Å². The van der Waals surface area contributed by atoms with Crippen molar-refractivity contribution in [2.45, 2.75) is 6.54 Å². The Kier molecular flexibility index (Phi) is 4.38. The highest BCUT2D eigenvalue weighted by molar-refractivity contribution is 7.12. The summed E-state index contributed by atoms with van der Waals surface area (Å²) in [5.41, 5.74) is 1.55. The van der Waals surface area contributed by atoms with Crippen LogP contribution in [0.15, 0.2) is 36.4 Å². The van der Waals surface area contributed by atoms with Gasteiger partial charge in [0, 0.05) is 36.8 Å². The largest absolute Gasteiger partial charge is 0.380 e. The van der Waals surface area contributed by atoms with E-state index in [1.54, 1.807) is 25.1 Å². The summed E-state index contributed by atoms with van der Waals surface area (Å²) in [4.78, 5) is 15.2. The summed E-state index contributed by atoms with van der Waals surface area (Å²) >= 11 is 1.47. The van der Waals surface area contributed by atoms with Gasteiger partial charge < -0.3 is 10.2 Å². The van der Waals surface area contributed by atoms with Crippen molar-refractivity contribution in [1.82, 2.24) is 4.90 Å². The number of hydrogen-bond acceptors (Lipinski definition) is 4. The monoisotopic (exact) mass is 285 g/mol. The lowest BCUT2D eigenvalue weighted by atomic mass is 10.2. The molecule has 0 aliphatic carbocycles. The highest BCUT2D eigenvalue weighted by atomic mass is 32.1. The Morgan fingerprint density at radius 3 is 2.80 bits per heavy atom. The van der Waals surface area contributed by atoms with Gasteiger partial charge in [-0.2, -0.15) is 5.26 Å². The summed E-state index contributed by atoms with van der Waals surface area (Å²) in [6.45, 7) is 0.645. The van der Waals surface area contributed by atoms with Crippen molar-refractivity contribution < 1.29 is 4.79 Å². The molecule has 0 fully saturated rings. The SMILES string of the molecule is CN(C)C(=O)c1cccc(NCc2ccc(C#N)s2)c1. The molecule has 0 aliphatic heterocycles. The first-order chi connectivity index (χ1) is 9.60. The predicted octanol–water partition coefficient (Wildman–Crippen LogP) is 2.93. The normalized spacial score (nSPS) is 9.85. The molecule has 0 saturated carbocycles. The van der Waals surface area contributed by atoms with Crippen LogP contribution < -0.4 is 5.32 Å². The Hall–Kier alpha value is -2.32. The number of hydrogen-bond donors (Lipinski definition) is 1. The highest BCUT2D eigenvalue weighted by Crippen LogP contribution is 2.18. The van der Waals surface area contributed by atoms with E-state index in [4.69, 9.17) is 5.26 Å². The number of amides is 1. The van der Waals surface area contributed by atoms with E-state index in [1.807, 2.05) is 30.3 Å². The molecule has 0 atom stereocenters. The third-order valence-electron chi connectivity index (χ3n) is 2.75. The van der Waals surface area contributed by atoms with Crippen molar-refractivity contribution in [1.29, 1.82) is 5.26 Å². The third-order valence-corrected chi connectivity index (χ3v) is 3.74. The molecule has 0 bridgehead atoms. The standard InChI is InChI=1S/C15H15N3OS/c1-18(2)15(19)11-4-3-5-12(8-11)17-10-14-7-6-13(9-16)20-14/h3-8,17H,10H2,1-2H3. The van der Waals surface area contributed by atoms with Gasteiger partial charge in [-0.05, 0) is 30.3 Å². The first-order valence-corrected chi connectivity index (χ1v) is 6.96. The summed E-state index contributed by atoms with van der Waals surface area (Å²) in [6, 6.07) is 13.3. The van der Waals surface area contributed by atoms with Gasteiger partial charge in [0.15, 0.2) is 0 Å². The predicted molar refractivity (Wildman–Crippen MR) is 80.8 cm³/mol. The lowest BCUT2D eigenvalue weighted by Gasteiger charge is -2.11. The molecule has 2 rings (SSSR count). The van der Waals surface area contributed by atoms with E-state index in [0.29, 0.717) is 17.0 Å². The van der Waals surface area contributed by atoms with Gasteiger partial charge in [0.2, 0.25) is 0 Å². The molecular weight excluding hydrogens is 270 g/mol. The third kappa shape index (κ3) is 3.37. The summed E-state index contributed by atoms with van der Waals surface area (Å²) in [5, 5.41) is 12.0. The van der Waals surface area contributed by atoms with Gasteiger partial charge in [-0.1, -0.05) is 6.07 Å². The second kappa shape index (κ2) is 6.22. The maximum Gasteiger partial charge on any atom is 0.253 e. The Morgan fingerprint density at radius 2 is 2.15 bits per heavy atom. The van der Waals surface area contributed by atoms with Crippen LogP contribution in [-0.2, 0) is 6.54 Å². The molecule has 1 amide bonds. The molecule has 1 aromatic heterocycles. The minimum absolute atomic E-state index is 0.0171. The van der Waals surface area contributed by atoms with Gasteiger partial charge in [-0.15, -0.1) is 11.3 Å². The molecular formula is C15H15N3OS. The van der Waals surface area contributed by atoms with Crippen LogP contribution in [0.3, 0.4) is 0 Å². The fourth-order valence-corrected chi connectivity index (χ4v) is 2.49. The lowest BCUT2D eigenvalue weighted by Crippen LogP contribution is -2.21. The number of benzene rings is 1. The number of carbonyl (C=O) groups is 1. The first-order valence-electron chi connectivity index (χ1n) is 6.14. The van der Waals surface area contributed by atoms with Crippen LogP contribution in [0.4, 0.5) is 5.69 Å². The fourth-order valence-electron chi connectivity index (χ4n) is 1.74. The molecule has 1 N–H and O–H groups in total. The van der Waals surface area contributed by atoms with Crippen LogP contribution in [0.25, 0.3) is 0 Å². The number of rotatable bonds is 4. The van der Waals surface area contributed by atoms with Gasteiger partial charge in [-0.25, -0.2) is 0 Å². The van der Waals surface area contributed by atoms with Crippen molar-refractivity contribution >= 4 is 22.9 Å². The van der Waals surface area contributed by atoms with Crippen LogP contribution in [0.5, 0.6) is 0 Å². The number of carbonyl (C=O) groups excluding carboxylic acids is 1. The topological polar surface area (TPSA) is 56.1 Å². The van der Waals surface area contributed by atoms with Crippen molar-refractivity contribution in [3.8, 4) is 6.07 Å². The minimum Gasteiger partial charge on any atom is -0.380 e. The van der Waals surface area contributed by atoms with Crippen LogP contribution >= 0.6 is 11.3 Å². The Balaban J connectivity index is 2.05. The number of nitriles is 1. The molecule has 1 aromatic carbocycles. The average molecular weight is 285 g/mol. The van der Waals surface area contributed by atoms with Gasteiger partial charge in [0.05, 0.1) is 0 Å². The Morgan fingerprint density at radius 1 is 1.35 bits per heavy atom. The van der Waals surface area contributed by atoms with Crippen molar-refractivity contribution in [3.63, 3.8) is 0 Å². The van der Waals surface area contributed by atoms with E-state index in [0.717, 1.165) is 10.6 Å². The van der Waals surface area contributed by atoms with E-state index in [1.165, 1.54) is 11.3 Å². The minimum atomic E-state index is -0.0171. The van der Waals surface area contributed by atoms with Gasteiger partial charge >= 0.3 is 0 Å². The van der Waals surface area contributed by atoms with Crippen molar-refractivity contribution in [3.05, 3.63) is 51.7 Å². The average Bonchev–Trinajstić information content (AvgIpc) is 2.92. The van der Waals surface area contributed by atoms with Gasteiger partial charge in [-0.3, -0.25) is 4.79 Å². The smallest absolute Gasteiger partial charge is 0.253 e. The van der Waals surface area contributed by atoms with Crippen LogP contribution in [-0.4, -0.2) is 24.9 Å². The van der Waals surface area contributed by atoms with Crippen molar-refractivity contribution in [2.75, 3.05) is 19.4 Å². The molecule has 2 aromatic rings. The molecule has 0 unspecified atom stereocenters. The fraction of sp³-hybridized carbons (Fsp3) is 0.200. The second-order valence-electron chi connectivity index (χ2n) is 4.51. The summed E-state index contributed by atoms with van der Waals surface area (Å²) < 4.78 is 0. The summed E-state index contributed by atoms with van der Waals surface area (Å²) in [7, 11) is 3.47. The molecule has 20 heavy (non-hydrogen) atoms. The maximum atomic E-state index is 11.9. The number of nitrogens with zero attached hydrogens (tertiary/aromatic N) is 2. The molecule has 4 nitrogen and oxygen atoms in total. The Labute approximate surface area is 122 Å². The molecule has 5 heteroatoms. The zero-order chi connectivity index (χ0) is 14.5. The maximum absolute atomic E-state index is 11.9. The van der Waals surface area contributed by atoms with Crippen LogP contribution in [0.2, 0.25) is 0 Å². The number of nitrogens with one attached hydrogen (secondary N) is 1. The molecule has 0 spiro atoms. The summed E-state index contributed by atoms with van der Waals surface area (Å²) in [6.07, 6.45) is 0. The van der Waals surface area contributed by atoms with Crippen LogP contribution in [0, 0.1) is 11.3 Å². The zero-order valence-corrected chi connectivity index (χ0v) is 12.2. The first kappa shape index (κ1) is 14.1. The molecule has 0 radical (unpaired) electrons. The molecule has 1 heterocycles. The summed E-state index contributed by atoms with van der Waals surface area (Å²) in [5.74, 6) is -0.0171. The quantitative estimate of drug-likeness (QED) is 0.939.